The van der Waals surface area contributed by atoms with Crippen LogP contribution < -0.4 is 10.0 Å². The van der Waals surface area contributed by atoms with Crippen LogP contribution in [0.4, 0.5) is 5.69 Å². The summed E-state index contributed by atoms with van der Waals surface area (Å²) in [6, 6.07) is 11.7. The molecule has 1 heterocycles. The molecule has 0 atom stereocenters. The van der Waals surface area contributed by atoms with E-state index in [9.17, 15) is 13.2 Å². The molecule has 6 heteroatoms. The molecule has 0 spiro atoms. The third-order valence-electron chi connectivity index (χ3n) is 3.39. The molecular formula is C15H14N2O3S. The zero-order chi connectivity index (χ0) is 15.0. The van der Waals surface area contributed by atoms with E-state index >= 15 is 0 Å². The number of anilines is 1. The molecule has 0 saturated carbocycles. The van der Waals surface area contributed by atoms with E-state index in [-0.39, 0.29) is 10.8 Å². The van der Waals surface area contributed by atoms with Gasteiger partial charge in [0.2, 0.25) is 0 Å². The molecule has 0 saturated heterocycles. The summed E-state index contributed by atoms with van der Waals surface area (Å²) in [5, 5.41) is 2.68. The van der Waals surface area contributed by atoms with Gasteiger partial charge < -0.3 is 5.32 Å². The smallest absolute Gasteiger partial charge is 0.261 e. The van der Waals surface area contributed by atoms with Gasteiger partial charge in [0, 0.05) is 6.54 Å². The van der Waals surface area contributed by atoms with Gasteiger partial charge in [-0.15, -0.1) is 0 Å². The van der Waals surface area contributed by atoms with Gasteiger partial charge >= 0.3 is 0 Å². The van der Waals surface area contributed by atoms with E-state index in [1.54, 1.807) is 42.5 Å². The van der Waals surface area contributed by atoms with Crippen LogP contribution in [0.2, 0.25) is 0 Å². The van der Waals surface area contributed by atoms with E-state index in [1.165, 1.54) is 0 Å². The maximum Gasteiger partial charge on any atom is 0.261 e. The number of fused-ring (bicyclic) bond motifs is 1. The lowest BCUT2D eigenvalue weighted by Crippen LogP contribution is -2.17. The average molecular weight is 302 g/mol. The molecule has 1 aliphatic rings. The number of nitrogens with one attached hydrogen (secondary N) is 2. The molecule has 2 N–H and O–H groups in total. The van der Waals surface area contributed by atoms with Crippen LogP contribution in [0.1, 0.15) is 21.5 Å². The van der Waals surface area contributed by atoms with Crippen molar-refractivity contribution in [3.8, 4) is 0 Å². The van der Waals surface area contributed by atoms with E-state index < -0.39 is 10.0 Å². The monoisotopic (exact) mass is 302 g/mol. The molecule has 21 heavy (non-hydrogen) atoms. The fraction of sp³-hybridized carbons (Fsp3) is 0.133. The molecule has 1 aliphatic heterocycles. The summed E-state index contributed by atoms with van der Waals surface area (Å²) >= 11 is 0. The van der Waals surface area contributed by atoms with Crippen molar-refractivity contribution in [2.45, 2.75) is 18.4 Å². The van der Waals surface area contributed by atoms with Gasteiger partial charge in [0.1, 0.15) is 0 Å². The molecular weight excluding hydrogens is 288 g/mol. The van der Waals surface area contributed by atoms with Crippen molar-refractivity contribution >= 4 is 21.6 Å². The van der Waals surface area contributed by atoms with Gasteiger partial charge in [-0.2, -0.15) is 0 Å². The number of carbonyl (C=O) groups excluding carboxylic acids is 1. The first-order chi connectivity index (χ1) is 9.97. The van der Waals surface area contributed by atoms with Crippen molar-refractivity contribution in [3.05, 3.63) is 59.2 Å². The van der Waals surface area contributed by atoms with Gasteiger partial charge in [0.25, 0.3) is 15.9 Å². The zero-order valence-electron chi connectivity index (χ0n) is 11.4. The highest BCUT2D eigenvalue weighted by molar-refractivity contribution is 7.92. The molecule has 0 radical (unpaired) electrons. The minimum atomic E-state index is -3.71. The van der Waals surface area contributed by atoms with E-state index in [4.69, 9.17) is 0 Å². The fourth-order valence-electron chi connectivity index (χ4n) is 2.29. The van der Waals surface area contributed by atoms with Crippen molar-refractivity contribution in [1.82, 2.24) is 5.32 Å². The number of rotatable bonds is 3. The van der Waals surface area contributed by atoms with Crippen molar-refractivity contribution < 1.29 is 13.2 Å². The largest absolute Gasteiger partial charge is 0.348 e. The van der Waals surface area contributed by atoms with Crippen LogP contribution in [-0.4, -0.2) is 14.3 Å². The van der Waals surface area contributed by atoms with Crippen molar-refractivity contribution in [3.63, 3.8) is 0 Å². The van der Waals surface area contributed by atoms with Crippen LogP contribution in [0, 0.1) is 6.92 Å². The molecule has 5 nitrogen and oxygen atoms in total. The van der Waals surface area contributed by atoms with Gasteiger partial charge in [0.05, 0.1) is 16.1 Å². The third kappa shape index (κ3) is 2.50. The van der Waals surface area contributed by atoms with E-state index in [0.29, 0.717) is 17.8 Å². The molecule has 108 valence electrons. The lowest BCUT2D eigenvalue weighted by molar-refractivity contribution is 0.0966. The normalized spacial score (nSPS) is 13.7. The molecule has 1 amide bonds. The van der Waals surface area contributed by atoms with Gasteiger partial charge in [-0.05, 0) is 30.7 Å². The quantitative estimate of drug-likeness (QED) is 0.911. The summed E-state index contributed by atoms with van der Waals surface area (Å²) in [6.07, 6.45) is 0. The number of sulfonamides is 1. The van der Waals surface area contributed by atoms with Crippen LogP contribution in [0.25, 0.3) is 0 Å². The second-order valence-corrected chi connectivity index (χ2v) is 6.62. The highest BCUT2D eigenvalue weighted by Gasteiger charge is 2.24. The van der Waals surface area contributed by atoms with E-state index in [0.717, 1.165) is 11.1 Å². The third-order valence-corrected chi connectivity index (χ3v) is 4.77. The second-order valence-electron chi connectivity index (χ2n) is 4.94. The van der Waals surface area contributed by atoms with E-state index in [2.05, 4.69) is 10.0 Å². The summed E-state index contributed by atoms with van der Waals surface area (Å²) in [6.45, 7) is 2.31. The first-order valence-corrected chi connectivity index (χ1v) is 7.95. The van der Waals surface area contributed by atoms with Gasteiger partial charge in [-0.3, -0.25) is 9.52 Å². The first kappa shape index (κ1) is 13.6. The predicted molar refractivity (Wildman–Crippen MR) is 79.6 cm³/mol. The molecule has 0 aliphatic carbocycles. The predicted octanol–water partition coefficient (Wildman–Crippen LogP) is 2.04. The SMILES string of the molecule is Cc1ccc(S(=O)(=O)Nc2cccc3c2C(=O)NC3)cc1. The zero-order valence-corrected chi connectivity index (χ0v) is 12.2. The molecule has 0 fully saturated rings. The Hall–Kier alpha value is -2.34. The first-order valence-electron chi connectivity index (χ1n) is 6.47. The number of benzene rings is 2. The number of carbonyl (C=O) groups is 1. The summed E-state index contributed by atoms with van der Waals surface area (Å²) < 4.78 is 27.2. The highest BCUT2D eigenvalue weighted by atomic mass is 32.2. The Morgan fingerprint density at radius 2 is 1.81 bits per heavy atom. The van der Waals surface area contributed by atoms with Crippen LogP contribution in [0.15, 0.2) is 47.4 Å². The van der Waals surface area contributed by atoms with Crippen molar-refractivity contribution in [2.24, 2.45) is 0 Å². The maximum absolute atomic E-state index is 12.4. The number of hydrogen-bond donors (Lipinski definition) is 2. The molecule has 0 aromatic heterocycles. The van der Waals surface area contributed by atoms with Crippen LogP contribution >= 0.6 is 0 Å². The fourth-order valence-corrected chi connectivity index (χ4v) is 3.36. The van der Waals surface area contributed by atoms with Gasteiger partial charge in [-0.1, -0.05) is 29.8 Å². The van der Waals surface area contributed by atoms with Gasteiger partial charge in [0.15, 0.2) is 0 Å². The Balaban J connectivity index is 1.99. The molecule has 2 aromatic rings. The van der Waals surface area contributed by atoms with Crippen LogP contribution in [-0.2, 0) is 16.6 Å². The van der Waals surface area contributed by atoms with Crippen molar-refractivity contribution in [1.29, 1.82) is 0 Å². The Bertz CT molecular complexity index is 811. The Morgan fingerprint density at radius 1 is 1.10 bits per heavy atom. The maximum atomic E-state index is 12.4. The Morgan fingerprint density at radius 3 is 2.52 bits per heavy atom. The standard InChI is InChI=1S/C15H14N2O3S/c1-10-5-7-12(8-6-10)21(19,20)17-13-4-2-3-11-9-16-15(18)14(11)13/h2-8,17H,9H2,1H3,(H,16,18). The summed E-state index contributed by atoms with van der Waals surface area (Å²) in [4.78, 5) is 12.0. The topological polar surface area (TPSA) is 75.3 Å². The average Bonchev–Trinajstić information content (AvgIpc) is 2.82. The summed E-state index contributed by atoms with van der Waals surface area (Å²) in [5.74, 6) is -0.257. The molecule has 0 bridgehead atoms. The molecule has 3 rings (SSSR count). The van der Waals surface area contributed by atoms with Gasteiger partial charge in [-0.25, -0.2) is 8.42 Å². The summed E-state index contributed by atoms with van der Waals surface area (Å²) in [5.41, 5.74) is 2.48. The summed E-state index contributed by atoms with van der Waals surface area (Å²) in [7, 11) is -3.71. The second kappa shape index (κ2) is 4.89. The van der Waals surface area contributed by atoms with Crippen LogP contribution in [0.3, 0.4) is 0 Å². The number of aryl methyl sites for hydroxylation is 1. The van der Waals surface area contributed by atoms with E-state index in [1.807, 2.05) is 6.92 Å². The minimum Gasteiger partial charge on any atom is -0.348 e. The van der Waals surface area contributed by atoms with Crippen molar-refractivity contribution in [2.75, 3.05) is 4.72 Å². The minimum absolute atomic E-state index is 0.170. The number of hydrogen-bond acceptors (Lipinski definition) is 3. The number of amides is 1. The molecule has 0 unspecified atom stereocenters. The molecule has 2 aromatic carbocycles. The van der Waals surface area contributed by atoms with Crippen LogP contribution in [0.5, 0.6) is 0 Å². The lowest BCUT2D eigenvalue weighted by Gasteiger charge is -2.11. The Labute approximate surface area is 123 Å². The lowest BCUT2D eigenvalue weighted by atomic mass is 10.1. The highest BCUT2D eigenvalue weighted by Crippen LogP contribution is 2.26. The Kier molecular flexibility index (Phi) is 3.17.